The first kappa shape index (κ1) is 22.9. The number of aryl methyl sites for hydroxylation is 1. The Balaban J connectivity index is 1.53. The summed E-state index contributed by atoms with van der Waals surface area (Å²) < 4.78 is 12.1. The van der Waals surface area contributed by atoms with Crippen molar-refractivity contribution in [2.24, 2.45) is 0 Å². The fraction of sp³-hybridized carbons (Fsp3) is 0.500. The lowest BCUT2D eigenvalue weighted by molar-refractivity contribution is -0.140. The number of nitrogens with zero attached hydrogens (tertiary/aromatic N) is 3. The fourth-order valence-electron chi connectivity index (χ4n) is 4.16. The van der Waals surface area contributed by atoms with E-state index < -0.39 is 0 Å². The Labute approximate surface area is 184 Å². The van der Waals surface area contributed by atoms with Crippen molar-refractivity contribution in [3.63, 3.8) is 0 Å². The molecule has 168 valence electrons. The lowest BCUT2D eigenvalue weighted by atomic mass is 10.1. The molecule has 2 heterocycles. The average Bonchev–Trinajstić information content (AvgIpc) is 3.08. The normalized spacial score (nSPS) is 14.5. The highest BCUT2D eigenvalue weighted by Gasteiger charge is 2.22. The monoisotopic (exact) mass is 427 g/mol. The Morgan fingerprint density at radius 2 is 1.68 bits per heavy atom. The van der Waals surface area contributed by atoms with Crippen molar-refractivity contribution in [2.45, 2.75) is 33.2 Å². The Bertz CT molecular complexity index is 896. The van der Waals surface area contributed by atoms with E-state index in [0.29, 0.717) is 25.9 Å². The fourth-order valence-corrected chi connectivity index (χ4v) is 4.16. The molecule has 0 saturated carbocycles. The Kier molecular flexibility index (Phi) is 7.74. The van der Waals surface area contributed by atoms with Crippen LogP contribution in [0.3, 0.4) is 0 Å². The van der Waals surface area contributed by atoms with E-state index in [-0.39, 0.29) is 11.8 Å². The summed E-state index contributed by atoms with van der Waals surface area (Å²) in [5.41, 5.74) is 4.00. The lowest BCUT2D eigenvalue weighted by Gasteiger charge is -2.35. The van der Waals surface area contributed by atoms with Crippen LogP contribution in [0.4, 0.5) is 5.69 Å². The second kappa shape index (κ2) is 10.5. The number of aromatic nitrogens is 1. The van der Waals surface area contributed by atoms with Crippen molar-refractivity contribution in [2.75, 3.05) is 51.8 Å². The smallest absolute Gasteiger partial charge is 0.305 e. The summed E-state index contributed by atoms with van der Waals surface area (Å²) in [6, 6.07) is 10.1. The second-order valence-electron chi connectivity index (χ2n) is 8.00. The number of esters is 1. The third kappa shape index (κ3) is 5.67. The van der Waals surface area contributed by atoms with Gasteiger partial charge in [-0.2, -0.15) is 0 Å². The van der Waals surface area contributed by atoms with E-state index in [2.05, 4.69) is 26.5 Å². The average molecular weight is 428 g/mol. The van der Waals surface area contributed by atoms with Gasteiger partial charge in [-0.25, -0.2) is 0 Å². The third-order valence-electron chi connectivity index (χ3n) is 6.04. The summed E-state index contributed by atoms with van der Waals surface area (Å²) in [5.74, 6) is 0.814. The number of ketones is 1. The molecule has 1 aromatic heterocycles. The molecule has 1 saturated heterocycles. The van der Waals surface area contributed by atoms with E-state index in [9.17, 15) is 9.59 Å². The molecule has 7 heteroatoms. The van der Waals surface area contributed by atoms with Crippen LogP contribution < -0.4 is 9.64 Å². The molecule has 0 N–H and O–H groups in total. The molecule has 3 rings (SSSR count). The Morgan fingerprint density at radius 1 is 1.00 bits per heavy atom. The largest absolute Gasteiger partial charge is 0.497 e. The van der Waals surface area contributed by atoms with Gasteiger partial charge in [0.15, 0.2) is 5.78 Å². The molecule has 7 nitrogen and oxygen atoms in total. The van der Waals surface area contributed by atoms with Gasteiger partial charge in [0.1, 0.15) is 5.75 Å². The third-order valence-corrected chi connectivity index (χ3v) is 6.04. The predicted octanol–water partition coefficient (Wildman–Crippen LogP) is 3.07. The first-order valence-corrected chi connectivity index (χ1v) is 10.8. The molecule has 0 aliphatic carbocycles. The van der Waals surface area contributed by atoms with Crippen LogP contribution in [0.25, 0.3) is 0 Å². The van der Waals surface area contributed by atoms with Gasteiger partial charge in [-0.1, -0.05) is 0 Å². The first-order valence-electron chi connectivity index (χ1n) is 10.8. The molecule has 0 bridgehead atoms. The number of Topliss-reactive ketones (excluding diaryl/α,β-unsaturated/α-hetero) is 1. The second-order valence-corrected chi connectivity index (χ2v) is 8.00. The number of carbonyl (C=O) groups is 2. The van der Waals surface area contributed by atoms with Gasteiger partial charge in [-0.15, -0.1) is 0 Å². The molecular weight excluding hydrogens is 394 g/mol. The van der Waals surface area contributed by atoms with Crippen molar-refractivity contribution >= 4 is 17.4 Å². The highest BCUT2D eigenvalue weighted by molar-refractivity contribution is 5.99. The number of piperazine rings is 1. The zero-order chi connectivity index (χ0) is 22.4. The topological polar surface area (TPSA) is 64.0 Å². The summed E-state index contributed by atoms with van der Waals surface area (Å²) in [6.45, 7) is 8.64. The summed E-state index contributed by atoms with van der Waals surface area (Å²) in [7, 11) is 3.08. The van der Waals surface area contributed by atoms with Crippen molar-refractivity contribution in [3.8, 4) is 5.75 Å². The first-order chi connectivity index (χ1) is 14.9. The zero-order valence-electron chi connectivity index (χ0n) is 19.0. The zero-order valence-corrected chi connectivity index (χ0v) is 19.0. The van der Waals surface area contributed by atoms with E-state index in [0.717, 1.165) is 48.9 Å². The molecule has 0 atom stereocenters. The number of methoxy groups -OCH3 is 2. The maximum Gasteiger partial charge on any atom is 0.305 e. The molecule has 1 fully saturated rings. The molecule has 2 aromatic rings. The quantitative estimate of drug-likeness (QED) is 0.453. The van der Waals surface area contributed by atoms with Gasteiger partial charge in [-0.05, 0) is 50.6 Å². The number of anilines is 1. The van der Waals surface area contributed by atoms with Gasteiger partial charge in [0.25, 0.3) is 0 Å². The highest BCUT2D eigenvalue weighted by atomic mass is 16.5. The number of hydrogen-bond donors (Lipinski definition) is 0. The number of benzene rings is 1. The maximum atomic E-state index is 13.0. The van der Waals surface area contributed by atoms with Crippen LogP contribution in [0.15, 0.2) is 30.3 Å². The molecule has 1 aliphatic heterocycles. The van der Waals surface area contributed by atoms with Crippen LogP contribution in [-0.4, -0.2) is 68.2 Å². The van der Waals surface area contributed by atoms with Crippen LogP contribution in [0, 0.1) is 13.8 Å². The number of carbonyl (C=O) groups excluding carboxylic acids is 2. The van der Waals surface area contributed by atoms with Crippen LogP contribution >= 0.6 is 0 Å². The molecule has 0 radical (unpaired) electrons. The van der Waals surface area contributed by atoms with E-state index in [1.165, 1.54) is 12.8 Å². The minimum atomic E-state index is -0.201. The molecular formula is C24H33N3O4. The lowest BCUT2D eigenvalue weighted by Crippen LogP contribution is -2.48. The highest BCUT2D eigenvalue weighted by Crippen LogP contribution is 2.21. The summed E-state index contributed by atoms with van der Waals surface area (Å²) >= 11 is 0. The van der Waals surface area contributed by atoms with Crippen LogP contribution in [0.2, 0.25) is 0 Å². The van der Waals surface area contributed by atoms with Crippen LogP contribution in [-0.2, 0) is 16.1 Å². The summed E-state index contributed by atoms with van der Waals surface area (Å²) in [4.78, 5) is 28.9. The molecule has 0 unspecified atom stereocenters. The van der Waals surface area contributed by atoms with Crippen molar-refractivity contribution in [3.05, 3.63) is 47.3 Å². The van der Waals surface area contributed by atoms with Crippen molar-refractivity contribution in [1.29, 1.82) is 0 Å². The van der Waals surface area contributed by atoms with Gasteiger partial charge in [0.2, 0.25) is 0 Å². The van der Waals surface area contributed by atoms with Gasteiger partial charge in [-0.3, -0.25) is 14.5 Å². The predicted molar refractivity (Wildman–Crippen MR) is 121 cm³/mol. The Hall–Kier alpha value is -2.80. The summed E-state index contributed by atoms with van der Waals surface area (Å²) in [5, 5.41) is 0. The van der Waals surface area contributed by atoms with E-state index in [4.69, 9.17) is 9.47 Å². The minimum Gasteiger partial charge on any atom is -0.497 e. The number of rotatable bonds is 9. The van der Waals surface area contributed by atoms with Crippen LogP contribution in [0.5, 0.6) is 5.75 Å². The number of ether oxygens (including phenoxy) is 2. The Morgan fingerprint density at radius 3 is 2.29 bits per heavy atom. The molecule has 0 amide bonds. The van der Waals surface area contributed by atoms with E-state index in [1.807, 2.05) is 32.0 Å². The van der Waals surface area contributed by atoms with Crippen LogP contribution in [0.1, 0.15) is 34.6 Å². The molecule has 0 spiro atoms. The van der Waals surface area contributed by atoms with Gasteiger partial charge in [0.05, 0.1) is 20.8 Å². The van der Waals surface area contributed by atoms with E-state index >= 15 is 0 Å². The molecule has 1 aliphatic rings. The molecule has 31 heavy (non-hydrogen) atoms. The van der Waals surface area contributed by atoms with E-state index in [1.54, 1.807) is 7.11 Å². The van der Waals surface area contributed by atoms with Gasteiger partial charge in [0, 0.05) is 61.8 Å². The van der Waals surface area contributed by atoms with Crippen molar-refractivity contribution in [1.82, 2.24) is 9.47 Å². The van der Waals surface area contributed by atoms with Gasteiger partial charge >= 0.3 is 5.97 Å². The standard InChI is InChI=1S/C24H33N3O4/c1-18-16-22(19(2)27(18)11-5-6-24(29)31-4)23(28)17-25-12-14-26(15-13-25)20-7-9-21(30-3)10-8-20/h7-10,16H,5-6,11-15,17H2,1-4H3. The summed E-state index contributed by atoms with van der Waals surface area (Å²) in [6.07, 6.45) is 1.08. The SMILES string of the molecule is COC(=O)CCCn1c(C)cc(C(=O)CN2CCN(c3ccc(OC)cc3)CC2)c1C. The maximum absolute atomic E-state index is 13.0. The number of hydrogen-bond acceptors (Lipinski definition) is 6. The molecule has 1 aromatic carbocycles. The van der Waals surface area contributed by atoms with Crippen molar-refractivity contribution < 1.29 is 19.1 Å². The minimum absolute atomic E-state index is 0.158. The van der Waals surface area contributed by atoms with Gasteiger partial charge < -0.3 is 18.9 Å².